The molecule has 0 radical (unpaired) electrons. The molecular weight excluding hydrogens is 348 g/mol. The molecule has 0 saturated carbocycles. The largest absolute Gasteiger partial charge is 0.444 e. The number of hydrogen-bond acceptors (Lipinski definition) is 5. The Balaban J connectivity index is 2.08. The third kappa shape index (κ3) is 4.09. The van der Waals surface area contributed by atoms with Crippen molar-refractivity contribution in [2.24, 2.45) is 0 Å². The molecule has 1 aliphatic heterocycles. The van der Waals surface area contributed by atoms with Gasteiger partial charge in [0.05, 0.1) is 16.6 Å². The molecule has 122 valence electrons. The molecule has 1 aliphatic rings. The van der Waals surface area contributed by atoms with E-state index >= 15 is 0 Å². The van der Waals surface area contributed by atoms with E-state index in [2.05, 4.69) is 30.8 Å². The Morgan fingerprint density at radius 3 is 2.18 bits per heavy atom. The number of ether oxygens (including phenoxy) is 1. The Morgan fingerprint density at radius 1 is 1.23 bits per heavy atom. The summed E-state index contributed by atoms with van der Waals surface area (Å²) in [5, 5.41) is 0. The molecule has 0 spiro atoms. The predicted molar refractivity (Wildman–Crippen MR) is 88.9 cm³/mol. The summed E-state index contributed by atoms with van der Waals surface area (Å²) in [6.45, 7) is 11.1. The second-order valence-electron chi connectivity index (χ2n) is 6.69. The van der Waals surface area contributed by atoms with Crippen molar-refractivity contribution in [2.75, 3.05) is 18.0 Å². The van der Waals surface area contributed by atoms with Crippen molar-refractivity contribution < 1.29 is 9.53 Å². The molecule has 0 bridgehead atoms. The first-order chi connectivity index (χ1) is 10.2. The number of anilines is 1. The van der Waals surface area contributed by atoms with Crippen molar-refractivity contribution in [3.63, 3.8) is 0 Å². The van der Waals surface area contributed by atoms with Crippen LogP contribution in [0.15, 0.2) is 16.9 Å². The van der Waals surface area contributed by atoms with Gasteiger partial charge in [-0.1, -0.05) is 0 Å². The van der Waals surface area contributed by atoms with Crippen LogP contribution in [0.2, 0.25) is 0 Å². The molecule has 1 amide bonds. The Kier molecular flexibility index (Phi) is 4.94. The highest BCUT2D eigenvalue weighted by Gasteiger charge is 2.36. The number of halogens is 1. The maximum Gasteiger partial charge on any atom is 0.410 e. The standard InChI is InChI=1S/C15H23BrN4O2/c1-10-8-19(13-17-6-12(16)7-18-13)9-11(2)20(10)14(21)22-15(3,4)5/h6-7,10-11H,8-9H2,1-5H3/t10-,11+. The van der Waals surface area contributed by atoms with Crippen LogP contribution in [0.1, 0.15) is 34.6 Å². The second-order valence-corrected chi connectivity index (χ2v) is 7.61. The van der Waals surface area contributed by atoms with E-state index < -0.39 is 5.60 Å². The van der Waals surface area contributed by atoms with E-state index in [4.69, 9.17) is 4.74 Å². The van der Waals surface area contributed by atoms with Gasteiger partial charge in [-0.2, -0.15) is 0 Å². The number of amides is 1. The van der Waals surface area contributed by atoms with Gasteiger partial charge in [-0.15, -0.1) is 0 Å². The van der Waals surface area contributed by atoms with Crippen molar-refractivity contribution >= 4 is 28.0 Å². The van der Waals surface area contributed by atoms with Crippen molar-refractivity contribution in [3.8, 4) is 0 Å². The lowest BCUT2D eigenvalue weighted by atomic mass is 10.1. The van der Waals surface area contributed by atoms with E-state index in [0.717, 1.165) is 4.47 Å². The van der Waals surface area contributed by atoms with Crippen LogP contribution in [0.25, 0.3) is 0 Å². The Labute approximate surface area is 140 Å². The maximum absolute atomic E-state index is 12.4. The maximum atomic E-state index is 12.4. The summed E-state index contributed by atoms with van der Waals surface area (Å²) >= 11 is 3.34. The number of nitrogens with zero attached hydrogens (tertiary/aromatic N) is 4. The molecule has 0 unspecified atom stereocenters. The average molecular weight is 371 g/mol. The summed E-state index contributed by atoms with van der Waals surface area (Å²) in [5.74, 6) is 0.686. The van der Waals surface area contributed by atoms with Gasteiger partial charge in [0.1, 0.15) is 5.60 Å². The molecule has 0 aliphatic carbocycles. The molecule has 1 aromatic heterocycles. The quantitative estimate of drug-likeness (QED) is 0.760. The van der Waals surface area contributed by atoms with Crippen LogP contribution < -0.4 is 4.90 Å². The van der Waals surface area contributed by atoms with Crippen LogP contribution >= 0.6 is 15.9 Å². The van der Waals surface area contributed by atoms with Crippen LogP contribution in [0.3, 0.4) is 0 Å². The Hall–Kier alpha value is -1.37. The lowest BCUT2D eigenvalue weighted by Gasteiger charge is -2.44. The first-order valence-corrected chi connectivity index (χ1v) is 8.20. The lowest BCUT2D eigenvalue weighted by molar-refractivity contribution is 0.00554. The van der Waals surface area contributed by atoms with Crippen molar-refractivity contribution in [1.29, 1.82) is 0 Å². The van der Waals surface area contributed by atoms with Gasteiger partial charge in [-0.25, -0.2) is 14.8 Å². The number of aromatic nitrogens is 2. The fourth-order valence-corrected chi connectivity index (χ4v) is 2.83. The number of hydrogen-bond donors (Lipinski definition) is 0. The number of rotatable bonds is 1. The number of carbonyl (C=O) groups is 1. The first-order valence-electron chi connectivity index (χ1n) is 7.41. The van der Waals surface area contributed by atoms with Gasteiger partial charge in [0.2, 0.25) is 5.95 Å². The Bertz CT molecular complexity index is 517. The van der Waals surface area contributed by atoms with Crippen LogP contribution in [0.5, 0.6) is 0 Å². The van der Waals surface area contributed by atoms with Gasteiger partial charge in [-0.05, 0) is 50.5 Å². The fourth-order valence-electron chi connectivity index (χ4n) is 2.63. The highest BCUT2D eigenvalue weighted by molar-refractivity contribution is 9.10. The van der Waals surface area contributed by atoms with Gasteiger partial charge in [-0.3, -0.25) is 4.90 Å². The van der Waals surface area contributed by atoms with Crippen LogP contribution in [-0.4, -0.2) is 51.7 Å². The number of carbonyl (C=O) groups excluding carboxylic acids is 1. The third-order valence-electron chi connectivity index (χ3n) is 3.41. The monoisotopic (exact) mass is 370 g/mol. The first kappa shape index (κ1) is 17.0. The minimum absolute atomic E-state index is 0.0332. The molecule has 7 heteroatoms. The SMILES string of the molecule is C[C@@H]1CN(c2ncc(Br)cn2)C[C@H](C)N1C(=O)OC(C)(C)C. The third-order valence-corrected chi connectivity index (χ3v) is 3.82. The minimum Gasteiger partial charge on any atom is -0.444 e. The summed E-state index contributed by atoms with van der Waals surface area (Å²) < 4.78 is 6.36. The van der Waals surface area contributed by atoms with Crippen molar-refractivity contribution in [3.05, 3.63) is 16.9 Å². The molecule has 1 aromatic rings. The van der Waals surface area contributed by atoms with E-state index in [0.29, 0.717) is 19.0 Å². The summed E-state index contributed by atoms with van der Waals surface area (Å²) in [7, 11) is 0. The molecule has 2 rings (SSSR count). The summed E-state index contributed by atoms with van der Waals surface area (Å²) in [6, 6.07) is 0.0664. The molecule has 6 nitrogen and oxygen atoms in total. The van der Waals surface area contributed by atoms with Gasteiger partial charge >= 0.3 is 6.09 Å². The van der Waals surface area contributed by atoms with Crippen LogP contribution in [-0.2, 0) is 4.74 Å². The van der Waals surface area contributed by atoms with Crippen LogP contribution in [0.4, 0.5) is 10.7 Å². The molecule has 22 heavy (non-hydrogen) atoms. The van der Waals surface area contributed by atoms with E-state index in [-0.39, 0.29) is 18.2 Å². The number of piperazine rings is 1. The zero-order valence-electron chi connectivity index (χ0n) is 13.7. The zero-order chi connectivity index (χ0) is 16.5. The molecule has 2 atom stereocenters. The highest BCUT2D eigenvalue weighted by Crippen LogP contribution is 2.22. The minimum atomic E-state index is -0.484. The molecule has 0 aromatic carbocycles. The molecule has 2 heterocycles. The Morgan fingerprint density at radius 2 is 1.73 bits per heavy atom. The van der Waals surface area contributed by atoms with Crippen LogP contribution in [0, 0.1) is 0 Å². The lowest BCUT2D eigenvalue weighted by Crippen LogP contribution is -2.59. The molecule has 1 saturated heterocycles. The molecule has 0 N–H and O–H groups in total. The highest BCUT2D eigenvalue weighted by atomic mass is 79.9. The predicted octanol–water partition coefficient (Wildman–Crippen LogP) is 3.07. The molecular formula is C15H23BrN4O2. The zero-order valence-corrected chi connectivity index (χ0v) is 15.3. The van der Waals surface area contributed by atoms with E-state index in [1.165, 1.54) is 0 Å². The second kappa shape index (κ2) is 6.40. The van der Waals surface area contributed by atoms with Gasteiger partial charge in [0, 0.05) is 25.5 Å². The molecule has 1 fully saturated rings. The average Bonchev–Trinajstić information content (AvgIpc) is 2.36. The summed E-state index contributed by atoms with van der Waals surface area (Å²) in [4.78, 5) is 24.9. The van der Waals surface area contributed by atoms with E-state index in [1.807, 2.05) is 34.6 Å². The van der Waals surface area contributed by atoms with Gasteiger partial charge in [0.15, 0.2) is 0 Å². The smallest absolute Gasteiger partial charge is 0.410 e. The fraction of sp³-hybridized carbons (Fsp3) is 0.667. The van der Waals surface area contributed by atoms with E-state index in [1.54, 1.807) is 17.3 Å². The van der Waals surface area contributed by atoms with Gasteiger partial charge < -0.3 is 9.64 Å². The summed E-state index contributed by atoms with van der Waals surface area (Å²) in [6.07, 6.45) is 3.21. The topological polar surface area (TPSA) is 58.6 Å². The van der Waals surface area contributed by atoms with E-state index in [9.17, 15) is 4.79 Å². The summed E-state index contributed by atoms with van der Waals surface area (Å²) in [5.41, 5.74) is -0.484. The van der Waals surface area contributed by atoms with Crippen molar-refractivity contribution in [2.45, 2.75) is 52.3 Å². The normalized spacial score (nSPS) is 22.6. The van der Waals surface area contributed by atoms with Crippen molar-refractivity contribution in [1.82, 2.24) is 14.9 Å². The van der Waals surface area contributed by atoms with Gasteiger partial charge in [0.25, 0.3) is 0 Å².